The third kappa shape index (κ3) is 4.04. The summed E-state index contributed by atoms with van der Waals surface area (Å²) in [5.74, 6) is 0.546. The van der Waals surface area contributed by atoms with Gasteiger partial charge < -0.3 is 10.2 Å². The number of nitrogens with two attached hydrogens (primary N) is 1. The monoisotopic (exact) mass is 473 g/mol. The minimum Gasteiger partial charge on any atom is -0.455 e. The van der Waals surface area contributed by atoms with Crippen LogP contribution in [0.5, 0.6) is 0 Å². The third-order valence-electron chi connectivity index (χ3n) is 5.78. The molecule has 0 amide bonds. The van der Waals surface area contributed by atoms with Crippen molar-refractivity contribution in [3.63, 3.8) is 0 Å². The number of anilines is 1. The normalized spacial score (nSPS) is 19.1. The van der Waals surface area contributed by atoms with E-state index in [4.69, 9.17) is 10.2 Å². The van der Waals surface area contributed by atoms with Crippen LogP contribution >= 0.6 is 11.8 Å². The van der Waals surface area contributed by atoms with E-state index < -0.39 is 17.7 Å². The van der Waals surface area contributed by atoms with Crippen LogP contribution < -0.4 is 10.6 Å². The van der Waals surface area contributed by atoms with E-state index in [1.54, 1.807) is 13.0 Å². The average Bonchev–Trinajstić information content (AvgIpc) is 3.12. The summed E-state index contributed by atoms with van der Waals surface area (Å²) in [5, 5.41) is 10.7. The number of Topliss-reactive ketones (excluding diaryl/α,β-unsaturated/α-hetero) is 1. The molecule has 2 aliphatic rings. The Morgan fingerprint density at radius 3 is 2.73 bits per heavy atom. The molecular formula is C24H22F3N3O2S. The largest absolute Gasteiger partial charge is 0.455 e. The van der Waals surface area contributed by atoms with Crippen molar-refractivity contribution in [2.45, 2.75) is 50.3 Å². The summed E-state index contributed by atoms with van der Waals surface area (Å²) in [7, 11) is 0. The molecule has 1 unspecified atom stereocenters. The smallest absolute Gasteiger partial charge is 0.416 e. The van der Waals surface area contributed by atoms with E-state index in [1.165, 1.54) is 28.8 Å². The van der Waals surface area contributed by atoms with Gasteiger partial charge in [0.2, 0.25) is 0 Å². The van der Waals surface area contributed by atoms with Crippen molar-refractivity contribution in [1.29, 1.82) is 5.26 Å². The zero-order valence-electron chi connectivity index (χ0n) is 18.1. The number of ketones is 1. The lowest BCUT2D eigenvalue weighted by molar-refractivity contribution is -0.137. The molecule has 0 fully saturated rings. The van der Waals surface area contributed by atoms with Crippen LogP contribution in [-0.2, 0) is 11.0 Å². The van der Waals surface area contributed by atoms with E-state index >= 15 is 0 Å². The predicted molar refractivity (Wildman–Crippen MR) is 119 cm³/mol. The van der Waals surface area contributed by atoms with Crippen LogP contribution in [0, 0.1) is 18.3 Å². The highest BCUT2D eigenvalue weighted by atomic mass is 32.2. The summed E-state index contributed by atoms with van der Waals surface area (Å²) in [4.78, 5) is 14.6. The van der Waals surface area contributed by atoms with Gasteiger partial charge in [-0.3, -0.25) is 9.69 Å². The number of aryl methyl sites for hydroxylation is 1. The Labute approximate surface area is 193 Å². The van der Waals surface area contributed by atoms with Crippen LogP contribution in [-0.4, -0.2) is 11.5 Å². The van der Waals surface area contributed by atoms with E-state index in [2.05, 4.69) is 6.07 Å². The van der Waals surface area contributed by atoms with Crippen LogP contribution in [0.1, 0.15) is 49.0 Å². The Balaban J connectivity index is 1.96. The zero-order chi connectivity index (χ0) is 23.9. The van der Waals surface area contributed by atoms with Crippen LogP contribution in [0.4, 0.5) is 18.9 Å². The average molecular weight is 474 g/mol. The Morgan fingerprint density at radius 1 is 1.30 bits per heavy atom. The molecule has 4 rings (SSSR count). The second-order valence-electron chi connectivity index (χ2n) is 7.90. The van der Waals surface area contributed by atoms with Crippen molar-refractivity contribution >= 4 is 23.2 Å². The first-order valence-corrected chi connectivity index (χ1v) is 11.5. The van der Waals surface area contributed by atoms with E-state index in [0.29, 0.717) is 46.9 Å². The van der Waals surface area contributed by atoms with E-state index in [-0.39, 0.29) is 22.9 Å². The molecule has 1 aromatic carbocycles. The molecule has 1 aliphatic heterocycles. The number of alkyl halides is 3. The standard InChI is InChI=1S/C24H22F3N3O2S/c1-3-33-23-16(10-13(2)32-23)20-17(12-28)22(29)30(18-8-5-9-19(31)21(18)20)15-7-4-6-14(11-15)24(25,26)27/h4,6-7,10-11,20H,3,5,8-9,29H2,1-2H3. The number of allylic oxidation sites excluding steroid dienone is 3. The van der Waals surface area contributed by atoms with Gasteiger partial charge in [0.05, 0.1) is 23.1 Å². The fourth-order valence-electron chi connectivity index (χ4n) is 4.47. The van der Waals surface area contributed by atoms with Crippen LogP contribution in [0.15, 0.2) is 62.5 Å². The highest BCUT2D eigenvalue weighted by molar-refractivity contribution is 7.99. The van der Waals surface area contributed by atoms with Gasteiger partial charge in [0.1, 0.15) is 11.6 Å². The highest BCUT2D eigenvalue weighted by Gasteiger charge is 2.42. The summed E-state index contributed by atoms with van der Waals surface area (Å²) in [6, 6.07) is 8.70. The van der Waals surface area contributed by atoms with Gasteiger partial charge in [-0.25, -0.2) is 0 Å². The van der Waals surface area contributed by atoms with Gasteiger partial charge in [-0.1, -0.05) is 24.8 Å². The summed E-state index contributed by atoms with van der Waals surface area (Å²) < 4.78 is 46.0. The van der Waals surface area contributed by atoms with Crippen molar-refractivity contribution in [2.24, 2.45) is 5.73 Å². The van der Waals surface area contributed by atoms with Crippen molar-refractivity contribution in [3.05, 3.63) is 69.9 Å². The molecule has 2 N–H and O–H groups in total. The number of nitrogens with zero attached hydrogens (tertiary/aromatic N) is 2. The molecule has 2 heterocycles. The fraction of sp³-hybridized carbons (Fsp3) is 0.333. The molecule has 0 spiro atoms. The number of benzene rings is 1. The highest BCUT2D eigenvalue weighted by Crippen LogP contribution is 2.49. The first-order chi connectivity index (χ1) is 15.7. The molecule has 1 aromatic heterocycles. The van der Waals surface area contributed by atoms with Gasteiger partial charge in [0, 0.05) is 28.9 Å². The lowest BCUT2D eigenvalue weighted by Crippen LogP contribution is -2.38. The maximum Gasteiger partial charge on any atom is 0.416 e. The SMILES string of the molecule is CCSc1oc(C)cc1C1C(C#N)=C(N)N(c2cccc(C(F)(F)F)c2)C2=C1C(=O)CCC2. The Kier molecular flexibility index (Phi) is 6.06. The molecule has 172 valence electrons. The lowest BCUT2D eigenvalue weighted by Gasteiger charge is -2.39. The van der Waals surface area contributed by atoms with E-state index in [0.717, 1.165) is 17.9 Å². The van der Waals surface area contributed by atoms with Gasteiger partial charge in [-0.05, 0) is 49.8 Å². The van der Waals surface area contributed by atoms with Gasteiger partial charge >= 0.3 is 6.18 Å². The maximum atomic E-state index is 13.4. The quantitative estimate of drug-likeness (QED) is 0.547. The first kappa shape index (κ1) is 23.1. The Hall–Kier alpha value is -3.12. The predicted octanol–water partition coefficient (Wildman–Crippen LogP) is 6.02. The van der Waals surface area contributed by atoms with E-state index in [1.807, 2.05) is 6.92 Å². The summed E-state index contributed by atoms with van der Waals surface area (Å²) in [6.45, 7) is 3.76. The summed E-state index contributed by atoms with van der Waals surface area (Å²) in [5.41, 5.74) is 7.55. The lowest BCUT2D eigenvalue weighted by atomic mass is 9.76. The Bertz CT molecular complexity index is 1220. The molecule has 1 atom stereocenters. The number of hydrogen-bond acceptors (Lipinski definition) is 6. The van der Waals surface area contributed by atoms with E-state index in [9.17, 15) is 23.2 Å². The molecule has 33 heavy (non-hydrogen) atoms. The molecule has 5 nitrogen and oxygen atoms in total. The second kappa shape index (κ2) is 8.67. The van der Waals surface area contributed by atoms with Crippen molar-refractivity contribution in [3.8, 4) is 6.07 Å². The first-order valence-electron chi connectivity index (χ1n) is 10.5. The van der Waals surface area contributed by atoms with Crippen molar-refractivity contribution in [2.75, 3.05) is 10.7 Å². The molecule has 0 saturated heterocycles. The van der Waals surface area contributed by atoms with Gasteiger partial charge in [-0.2, -0.15) is 18.4 Å². The summed E-state index contributed by atoms with van der Waals surface area (Å²) in [6.07, 6.45) is -3.22. The number of furan rings is 1. The Morgan fingerprint density at radius 2 is 2.06 bits per heavy atom. The molecule has 2 aromatic rings. The van der Waals surface area contributed by atoms with Gasteiger partial charge in [0.25, 0.3) is 0 Å². The maximum absolute atomic E-state index is 13.4. The minimum absolute atomic E-state index is 0.0292. The number of carbonyl (C=O) groups is 1. The molecule has 0 radical (unpaired) electrons. The van der Waals surface area contributed by atoms with Crippen LogP contribution in [0.2, 0.25) is 0 Å². The van der Waals surface area contributed by atoms with Gasteiger partial charge in [0.15, 0.2) is 10.9 Å². The fourth-order valence-corrected chi connectivity index (χ4v) is 5.27. The number of carbonyl (C=O) groups excluding carboxylic acids is 1. The number of nitriles is 1. The zero-order valence-corrected chi connectivity index (χ0v) is 18.9. The van der Waals surface area contributed by atoms with Crippen molar-refractivity contribution < 1.29 is 22.4 Å². The van der Waals surface area contributed by atoms with Crippen LogP contribution in [0.25, 0.3) is 0 Å². The molecule has 9 heteroatoms. The van der Waals surface area contributed by atoms with Gasteiger partial charge in [-0.15, -0.1) is 0 Å². The number of thioether (sulfide) groups is 1. The molecule has 0 saturated carbocycles. The second-order valence-corrected chi connectivity index (χ2v) is 9.13. The molecule has 0 bridgehead atoms. The van der Waals surface area contributed by atoms with Crippen LogP contribution in [0.3, 0.4) is 0 Å². The van der Waals surface area contributed by atoms with Crippen molar-refractivity contribution in [1.82, 2.24) is 0 Å². The third-order valence-corrected chi connectivity index (χ3v) is 6.65. The minimum atomic E-state index is -4.54. The number of halogens is 3. The summed E-state index contributed by atoms with van der Waals surface area (Å²) >= 11 is 1.46. The number of hydrogen-bond donors (Lipinski definition) is 1. The molecular weight excluding hydrogens is 451 g/mol. The number of rotatable bonds is 4. The topological polar surface area (TPSA) is 83.3 Å². The molecule has 1 aliphatic carbocycles.